The summed E-state index contributed by atoms with van der Waals surface area (Å²) in [6.07, 6.45) is 3.13. The summed E-state index contributed by atoms with van der Waals surface area (Å²) in [5, 5.41) is 14.7. The molecule has 0 saturated heterocycles. The van der Waals surface area contributed by atoms with E-state index >= 15 is 0 Å². The summed E-state index contributed by atoms with van der Waals surface area (Å²) in [6, 6.07) is 71.5. The first-order chi connectivity index (χ1) is 32.6. The topological polar surface area (TPSA) is 29.6 Å². The first-order valence-electron chi connectivity index (χ1n) is 22.7. The van der Waals surface area contributed by atoms with Gasteiger partial charge in [-0.1, -0.05) is 153 Å². The van der Waals surface area contributed by atoms with E-state index in [9.17, 15) is 0 Å². The highest BCUT2D eigenvalue weighted by Crippen LogP contribution is 2.44. The van der Waals surface area contributed by atoms with E-state index in [1.165, 1.54) is 94.5 Å². The van der Waals surface area contributed by atoms with Crippen LogP contribution in [0.5, 0.6) is 0 Å². The number of thiophene rings is 2. The fourth-order valence-corrected chi connectivity index (χ4v) is 12.9. The Balaban J connectivity index is 1.11. The van der Waals surface area contributed by atoms with Gasteiger partial charge in [-0.15, -0.1) is 22.7 Å². The molecule has 0 fully saturated rings. The van der Waals surface area contributed by atoms with Crippen LogP contribution in [0.2, 0.25) is 0 Å². The van der Waals surface area contributed by atoms with E-state index in [0.717, 1.165) is 46.0 Å². The standard InChI is InChI=1S/C61H39N3S2/c1-36-28-29-51(43-23-12-19-37-14-6-7-20-42(37)43)62-61(46-24-13-27-57-59(46)45-22-9-11-26-56(45)65-57)63-60(36)50-35-58-49(44-21-8-10-25-55(44)66-58)34-54(50)64-52-32-40-17-4-2-15-38(40)30-47(52)48-31-39-16-3-5-18-41(39)33-53(48)64/h2-27,29-36H,28H2,1H3/b51-29+,62-61-,63-60+. The minimum Gasteiger partial charge on any atom is -0.309 e. The molecular weight excluding hydrogens is 839 g/mol. The third-order valence-corrected chi connectivity index (χ3v) is 16.1. The lowest BCUT2D eigenvalue weighted by molar-refractivity contribution is 0.790. The van der Waals surface area contributed by atoms with Crippen molar-refractivity contribution in [3.05, 3.63) is 217 Å². The van der Waals surface area contributed by atoms with Crippen LogP contribution in [0.4, 0.5) is 0 Å². The summed E-state index contributed by atoms with van der Waals surface area (Å²) in [7, 11) is 0. The van der Waals surface area contributed by atoms with E-state index < -0.39 is 0 Å². The Morgan fingerprint density at radius 1 is 0.424 bits per heavy atom. The van der Waals surface area contributed by atoms with Gasteiger partial charge in [-0.05, 0) is 93.3 Å². The molecule has 66 heavy (non-hydrogen) atoms. The predicted octanol–water partition coefficient (Wildman–Crippen LogP) is 17.3. The van der Waals surface area contributed by atoms with Crippen molar-refractivity contribution >= 4 is 134 Å². The van der Waals surface area contributed by atoms with E-state index in [4.69, 9.17) is 9.98 Å². The molecule has 1 atom stereocenters. The van der Waals surface area contributed by atoms with Gasteiger partial charge in [0, 0.05) is 73.7 Å². The van der Waals surface area contributed by atoms with Gasteiger partial charge in [-0.2, -0.15) is 0 Å². The Hall–Kier alpha value is -7.70. The highest BCUT2D eigenvalue weighted by atomic mass is 32.1. The maximum atomic E-state index is 5.96. The van der Waals surface area contributed by atoms with Crippen molar-refractivity contribution in [3.63, 3.8) is 0 Å². The molecule has 1 unspecified atom stereocenters. The summed E-state index contributed by atoms with van der Waals surface area (Å²) in [6.45, 7) is 2.35. The van der Waals surface area contributed by atoms with E-state index in [-0.39, 0.29) is 5.92 Å². The summed E-state index contributed by atoms with van der Waals surface area (Å²) in [5.74, 6) is 0.769. The number of nitrogens with zero attached hydrogens (tertiary/aromatic N) is 3. The average Bonchev–Trinajstić information content (AvgIpc) is 4.02. The van der Waals surface area contributed by atoms with Crippen LogP contribution in [-0.4, -0.2) is 16.1 Å². The minimum atomic E-state index is 0.0410. The lowest BCUT2D eigenvalue weighted by Gasteiger charge is -2.22. The van der Waals surface area contributed by atoms with Gasteiger partial charge in [0.05, 0.1) is 28.1 Å². The molecule has 3 nitrogen and oxygen atoms in total. The molecule has 0 bridgehead atoms. The third kappa shape index (κ3) is 5.80. The second-order valence-electron chi connectivity index (χ2n) is 17.7. The summed E-state index contributed by atoms with van der Waals surface area (Å²) in [5.41, 5.74) is 8.76. The van der Waals surface area contributed by atoms with Crippen molar-refractivity contribution in [2.24, 2.45) is 15.9 Å². The Labute approximate surface area is 388 Å². The molecule has 310 valence electrons. The summed E-state index contributed by atoms with van der Waals surface area (Å²) in [4.78, 5) is 11.7. The Kier molecular flexibility index (Phi) is 8.36. The molecule has 0 amide bonds. The number of hydrogen-bond donors (Lipinski definition) is 0. The normalized spacial score (nSPS) is 17.2. The molecule has 1 aliphatic heterocycles. The van der Waals surface area contributed by atoms with Crippen molar-refractivity contribution in [1.29, 1.82) is 0 Å². The van der Waals surface area contributed by atoms with Gasteiger partial charge < -0.3 is 4.57 Å². The zero-order chi connectivity index (χ0) is 43.5. The zero-order valence-corrected chi connectivity index (χ0v) is 37.6. The van der Waals surface area contributed by atoms with Gasteiger partial charge in [-0.25, -0.2) is 9.98 Å². The van der Waals surface area contributed by atoms with Crippen molar-refractivity contribution in [2.75, 3.05) is 0 Å². The molecule has 3 aromatic heterocycles. The maximum Gasteiger partial charge on any atom is 0.160 e. The largest absolute Gasteiger partial charge is 0.309 e. The number of amidine groups is 1. The van der Waals surface area contributed by atoms with Crippen LogP contribution in [-0.2, 0) is 0 Å². The van der Waals surface area contributed by atoms with Crippen molar-refractivity contribution < 1.29 is 0 Å². The second-order valence-corrected chi connectivity index (χ2v) is 19.9. The first kappa shape index (κ1) is 37.7. The Bertz CT molecular complexity index is 4190. The van der Waals surface area contributed by atoms with Crippen LogP contribution >= 0.6 is 22.7 Å². The molecule has 0 radical (unpaired) electrons. The van der Waals surface area contributed by atoms with Crippen molar-refractivity contribution in [1.82, 2.24) is 4.57 Å². The number of fused-ring (bicyclic) bond motifs is 12. The van der Waals surface area contributed by atoms with Crippen LogP contribution in [0.25, 0.3) is 106 Å². The van der Waals surface area contributed by atoms with Crippen molar-refractivity contribution in [2.45, 2.75) is 13.3 Å². The highest BCUT2D eigenvalue weighted by Gasteiger charge is 2.26. The zero-order valence-electron chi connectivity index (χ0n) is 36.0. The third-order valence-electron chi connectivity index (χ3n) is 13.8. The molecule has 10 aromatic carbocycles. The van der Waals surface area contributed by atoms with Gasteiger partial charge >= 0.3 is 0 Å². The van der Waals surface area contributed by atoms with Gasteiger partial charge in [0.25, 0.3) is 0 Å². The number of aliphatic imine (C=N–C) groups is 2. The fourth-order valence-electron chi connectivity index (χ4n) is 10.6. The molecular formula is C61H39N3S2. The molecule has 1 aliphatic rings. The monoisotopic (exact) mass is 877 g/mol. The molecule has 0 spiro atoms. The number of benzene rings is 10. The van der Waals surface area contributed by atoms with Gasteiger partial charge in [0.2, 0.25) is 0 Å². The Morgan fingerprint density at radius 2 is 0.970 bits per heavy atom. The van der Waals surface area contributed by atoms with Crippen LogP contribution < -0.4 is 0 Å². The van der Waals surface area contributed by atoms with Gasteiger partial charge in [0.15, 0.2) is 5.84 Å². The smallest absolute Gasteiger partial charge is 0.160 e. The highest BCUT2D eigenvalue weighted by molar-refractivity contribution is 7.26. The number of hydrogen-bond acceptors (Lipinski definition) is 4. The molecule has 5 heteroatoms. The van der Waals surface area contributed by atoms with Crippen LogP contribution in [0.1, 0.15) is 30.0 Å². The van der Waals surface area contributed by atoms with Gasteiger partial charge in [-0.3, -0.25) is 0 Å². The van der Waals surface area contributed by atoms with Crippen LogP contribution in [0.15, 0.2) is 210 Å². The summed E-state index contributed by atoms with van der Waals surface area (Å²) < 4.78 is 7.57. The molecule has 4 heterocycles. The van der Waals surface area contributed by atoms with E-state index in [2.05, 4.69) is 212 Å². The maximum absolute atomic E-state index is 5.96. The van der Waals surface area contributed by atoms with Gasteiger partial charge in [0.1, 0.15) is 0 Å². The average molecular weight is 878 g/mol. The van der Waals surface area contributed by atoms with E-state index in [1.807, 2.05) is 22.7 Å². The first-order valence-corrected chi connectivity index (χ1v) is 24.3. The summed E-state index contributed by atoms with van der Waals surface area (Å²) >= 11 is 3.70. The van der Waals surface area contributed by atoms with Crippen molar-refractivity contribution in [3.8, 4) is 5.69 Å². The lowest BCUT2D eigenvalue weighted by Crippen LogP contribution is -2.19. The molecule has 14 rings (SSSR count). The lowest BCUT2D eigenvalue weighted by atomic mass is 9.91. The predicted molar refractivity (Wildman–Crippen MR) is 287 cm³/mol. The number of aromatic nitrogens is 1. The minimum absolute atomic E-state index is 0.0410. The molecule has 0 aliphatic carbocycles. The van der Waals surface area contributed by atoms with Crippen LogP contribution in [0, 0.1) is 5.92 Å². The van der Waals surface area contributed by atoms with E-state index in [1.54, 1.807) is 0 Å². The fraction of sp³-hybridized carbons (Fsp3) is 0.0492. The quantitative estimate of drug-likeness (QED) is 0.169. The molecule has 0 N–H and O–H groups in total. The molecule has 0 saturated carbocycles. The number of rotatable bonds is 4. The molecule has 13 aromatic rings. The Morgan fingerprint density at radius 3 is 1.70 bits per heavy atom. The van der Waals surface area contributed by atoms with E-state index in [0.29, 0.717) is 0 Å². The number of allylic oxidation sites excluding steroid dienone is 1. The second kappa shape index (κ2) is 14.7. The SMILES string of the molecule is CC1C/C=C(c2cccc3ccccc23)/N=C(c2cccc3sc4ccccc4c23)\N=C/1c1cc2sc3ccccc3c2cc1-n1c2cc3ccccc3cc2c2cc3ccccc3cc21. The van der Waals surface area contributed by atoms with Crippen LogP contribution in [0.3, 0.4) is 0 Å².